The Morgan fingerprint density at radius 1 is 1.10 bits per heavy atom. The van der Waals surface area contributed by atoms with E-state index < -0.39 is 0 Å². The molecule has 0 radical (unpaired) electrons. The van der Waals surface area contributed by atoms with E-state index >= 15 is 0 Å². The Hall–Kier alpha value is -3.15. The summed E-state index contributed by atoms with van der Waals surface area (Å²) in [7, 11) is 0. The largest absolute Gasteiger partial charge is 0.317 e. The molecule has 1 aliphatic rings. The maximum absolute atomic E-state index is 9.50. The molecular formula is C21H19N7S. The Balaban J connectivity index is 1.56. The lowest BCUT2D eigenvalue weighted by atomic mass is 10.1. The first-order chi connectivity index (χ1) is 14.3. The predicted octanol–water partition coefficient (Wildman–Crippen LogP) is 3.54. The van der Waals surface area contributed by atoms with E-state index in [1.165, 1.54) is 11.8 Å². The van der Waals surface area contributed by atoms with Crippen molar-refractivity contribution in [3.8, 4) is 17.2 Å². The summed E-state index contributed by atoms with van der Waals surface area (Å²) in [5.74, 6) is 0. The Morgan fingerprint density at radius 2 is 2.00 bits per heavy atom. The Bertz CT molecular complexity index is 1180. The monoisotopic (exact) mass is 401 g/mol. The van der Waals surface area contributed by atoms with Gasteiger partial charge in [-0.2, -0.15) is 15.5 Å². The minimum absolute atomic E-state index is 0.436. The topological polar surface area (TPSA) is 83.8 Å². The molecule has 0 amide bonds. The van der Waals surface area contributed by atoms with Crippen molar-refractivity contribution in [2.24, 2.45) is 0 Å². The summed E-state index contributed by atoms with van der Waals surface area (Å²) < 4.78 is 3.86. The van der Waals surface area contributed by atoms with E-state index in [4.69, 9.17) is 0 Å². The van der Waals surface area contributed by atoms with Gasteiger partial charge in [0.25, 0.3) is 0 Å². The van der Waals surface area contributed by atoms with Gasteiger partial charge in [-0.25, -0.2) is 9.50 Å². The molecule has 0 atom stereocenters. The van der Waals surface area contributed by atoms with Crippen LogP contribution in [0.1, 0.15) is 24.4 Å². The average Bonchev–Trinajstić information content (AvgIpc) is 3.42. The first kappa shape index (κ1) is 17.9. The van der Waals surface area contributed by atoms with Crippen LogP contribution >= 0.6 is 11.8 Å². The van der Waals surface area contributed by atoms with E-state index in [2.05, 4.69) is 43.5 Å². The fourth-order valence-electron chi connectivity index (χ4n) is 3.68. The van der Waals surface area contributed by atoms with Crippen LogP contribution in [0.15, 0.2) is 65.2 Å². The summed E-state index contributed by atoms with van der Waals surface area (Å²) in [6.45, 7) is 2.06. The quantitative estimate of drug-likeness (QED) is 0.563. The Labute approximate surface area is 172 Å². The molecule has 0 aromatic carbocycles. The van der Waals surface area contributed by atoms with Crippen molar-refractivity contribution in [3.63, 3.8) is 0 Å². The molecule has 8 heteroatoms. The maximum Gasteiger partial charge on any atom is 0.103 e. The molecule has 1 N–H and O–H groups in total. The minimum Gasteiger partial charge on any atom is -0.317 e. The van der Waals surface area contributed by atoms with E-state index in [9.17, 15) is 5.26 Å². The second kappa shape index (κ2) is 7.70. The van der Waals surface area contributed by atoms with Gasteiger partial charge in [0, 0.05) is 34.6 Å². The Kier molecular flexibility index (Phi) is 4.76. The van der Waals surface area contributed by atoms with Crippen LogP contribution in [0, 0.1) is 11.3 Å². The van der Waals surface area contributed by atoms with Gasteiger partial charge < -0.3 is 5.32 Å². The molecular weight excluding hydrogens is 382 g/mol. The zero-order valence-corrected chi connectivity index (χ0v) is 16.5. The highest BCUT2D eigenvalue weighted by molar-refractivity contribution is 7.99. The molecule has 144 valence electrons. The molecule has 5 rings (SSSR count). The summed E-state index contributed by atoms with van der Waals surface area (Å²) in [5, 5.41) is 22.8. The second-order valence-corrected chi connectivity index (χ2v) is 8.08. The summed E-state index contributed by atoms with van der Waals surface area (Å²) in [6, 6.07) is 10.6. The molecule has 0 spiro atoms. The molecule has 1 fully saturated rings. The molecule has 0 aliphatic carbocycles. The van der Waals surface area contributed by atoms with Gasteiger partial charge in [0.15, 0.2) is 0 Å². The van der Waals surface area contributed by atoms with Crippen LogP contribution in [0.25, 0.3) is 16.6 Å². The van der Waals surface area contributed by atoms with Crippen molar-refractivity contribution < 1.29 is 0 Å². The van der Waals surface area contributed by atoms with Crippen LogP contribution in [0.4, 0.5) is 0 Å². The molecule has 0 unspecified atom stereocenters. The summed E-state index contributed by atoms with van der Waals surface area (Å²) in [4.78, 5) is 5.37. The number of nitrogens with one attached hydrogen (secondary N) is 1. The molecule has 1 aliphatic heterocycles. The van der Waals surface area contributed by atoms with E-state index in [1.54, 1.807) is 16.9 Å². The highest BCUT2D eigenvalue weighted by atomic mass is 32.2. The molecule has 0 bridgehead atoms. The lowest BCUT2D eigenvalue weighted by Gasteiger charge is -2.22. The number of nitrogens with zero attached hydrogens (tertiary/aromatic N) is 6. The number of hydrogen-bond acceptors (Lipinski definition) is 6. The third kappa shape index (κ3) is 3.50. The van der Waals surface area contributed by atoms with Crippen LogP contribution in [0.3, 0.4) is 0 Å². The lowest BCUT2D eigenvalue weighted by molar-refractivity contribution is 0.343. The number of pyridine rings is 2. The van der Waals surface area contributed by atoms with Gasteiger partial charge in [-0.05, 0) is 44.1 Å². The van der Waals surface area contributed by atoms with E-state index in [0.717, 1.165) is 52.5 Å². The molecule has 0 saturated carbocycles. The molecule has 1 saturated heterocycles. The number of aromatic nitrogens is 5. The van der Waals surface area contributed by atoms with E-state index in [1.807, 2.05) is 30.6 Å². The third-order valence-electron chi connectivity index (χ3n) is 5.17. The molecule has 29 heavy (non-hydrogen) atoms. The molecule has 4 aromatic heterocycles. The third-order valence-corrected chi connectivity index (χ3v) is 6.15. The van der Waals surface area contributed by atoms with Crippen molar-refractivity contribution >= 4 is 17.3 Å². The summed E-state index contributed by atoms with van der Waals surface area (Å²) in [6.07, 6.45) is 11.5. The van der Waals surface area contributed by atoms with Crippen LogP contribution in [0.2, 0.25) is 0 Å². The Morgan fingerprint density at radius 3 is 2.79 bits per heavy atom. The van der Waals surface area contributed by atoms with Crippen LogP contribution in [0.5, 0.6) is 0 Å². The van der Waals surface area contributed by atoms with Crippen molar-refractivity contribution in [2.45, 2.75) is 28.8 Å². The summed E-state index contributed by atoms with van der Waals surface area (Å²) in [5.41, 5.74) is 3.42. The van der Waals surface area contributed by atoms with Crippen LogP contribution in [-0.2, 0) is 0 Å². The van der Waals surface area contributed by atoms with Gasteiger partial charge in [-0.15, -0.1) is 0 Å². The van der Waals surface area contributed by atoms with Crippen molar-refractivity contribution in [3.05, 3.63) is 60.8 Å². The lowest BCUT2D eigenvalue weighted by Crippen LogP contribution is -2.29. The number of hydrogen-bond donors (Lipinski definition) is 1. The van der Waals surface area contributed by atoms with Gasteiger partial charge >= 0.3 is 0 Å². The smallest absolute Gasteiger partial charge is 0.103 e. The van der Waals surface area contributed by atoms with E-state index in [0.29, 0.717) is 11.6 Å². The van der Waals surface area contributed by atoms with Crippen LogP contribution in [-0.4, -0.2) is 37.5 Å². The fraction of sp³-hybridized carbons (Fsp3) is 0.238. The van der Waals surface area contributed by atoms with Gasteiger partial charge in [0.2, 0.25) is 0 Å². The van der Waals surface area contributed by atoms with Gasteiger partial charge in [-0.1, -0.05) is 17.8 Å². The fourth-order valence-corrected chi connectivity index (χ4v) is 4.65. The predicted molar refractivity (Wildman–Crippen MR) is 111 cm³/mol. The average molecular weight is 401 g/mol. The second-order valence-electron chi connectivity index (χ2n) is 7.02. The summed E-state index contributed by atoms with van der Waals surface area (Å²) >= 11 is 1.54. The molecule has 4 aromatic rings. The first-order valence-corrected chi connectivity index (χ1v) is 10.4. The van der Waals surface area contributed by atoms with E-state index in [-0.39, 0.29) is 0 Å². The number of fused-ring (bicyclic) bond motifs is 1. The number of rotatable bonds is 4. The van der Waals surface area contributed by atoms with Gasteiger partial charge in [-0.3, -0.25) is 4.68 Å². The SMILES string of the molecule is N#Cc1cnn2cc(-c3cnn(C4CCNCC4)c3)cc(Sc3ccccn3)c12. The highest BCUT2D eigenvalue weighted by Gasteiger charge is 2.18. The number of nitriles is 1. The minimum atomic E-state index is 0.436. The zero-order chi connectivity index (χ0) is 19.6. The van der Waals surface area contributed by atoms with Crippen molar-refractivity contribution in [2.75, 3.05) is 13.1 Å². The van der Waals surface area contributed by atoms with Crippen molar-refractivity contribution in [1.82, 2.24) is 29.7 Å². The standard InChI is InChI=1S/C21H19N7S/c22-10-16-11-26-28-13-15(9-19(21(16)28)29-20-3-1-2-6-24-20)17-12-25-27(14-17)18-4-7-23-8-5-18/h1-3,6,9,11-14,18,23H,4-5,7-8H2. The molecule has 5 heterocycles. The van der Waals surface area contributed by atoms with Gasteiger partial charge in [0.1, 0.15) is 11.1 Å². The number of piperidine rings is 1. The highest BCUT2D eigenvalue weighted by Crippen LogP contribution is 2.35. The molecule has 7 nitrogen and oxygen atoms in total. The van der Waals surface area contributed by atoms with Gasteiger partial charge in [0.05, 0.1) is 29.5 Å². The first-order valence-electron chi connectivity index (χ1n) is 9.57. The van der Waals surface area contributed by atoms with Crippen LogP contribution < -0.4 is 5.32 Å². The normalized spacial score (nSPS) is 14.9. The van der Waals surface area contributed by atoms with Crippen molar-refractivity contribution in [1.29, 1.82) is 5.26 Å². The maximum atomic E-state index is 9.50. The zero-order valence-electron chi connectivity index (χ0n) is 15.7.